The molecule has 1 atom stereocenters. The Morgan fingerprint density at radius 1 is 1.31 bits per heavy atom. The Labute approximate surface area is 92.6 Å². The third-order valence-corrected chi connectivity index (χ3v) is 3.67. The Morgan fingerprint density at radius 2 is 2.00 bits per heavy atom. The quantitative estimate of drug-likeness (QED) is 0.792. The normalized spacial score (nSPS) is 25.1. The van der Waals surface area contributed by atoms with Crippen LogP contribution in [0.4, 0.5) is 8.78 Å². The molecule has 1 fully saturated rings. The zero-order chi connectivity index (χ0) is 11.3. The molecule has 0 saturated heterocycles. The third kappa shape index (κ3) is 1.26. The first-order valence-electron chi connectivity index (χ1n) is 5.45. The predicted molar refractivity (Wildman–Crippen MR) is 55.3 cm³/mol. The molecular formula is C12H13F2NO. The summed E-state index contributed by atoms with van der Waals surface area (Å²) < 4.78 is 31.8. The van der Waals surface area contributed by atoms with Gasteiger partial charge < -0.3 is 10.1 Å². The molecule has 0 amide bonds. The van der Waals surface area contributed by atoms with Gasteiger partial charge in [-0.3, -0.25) is 0 Å². The summed E-state index contributed by atoms with van der Waals surface area (Å²) in [5.74, 6) is -1.18. The van der Waals surface area contributed by atoms with Crippen molar-refractivity contribution in [3.05, 3.63) is 29.3 Å². The van der Waals surface area contributed by atoms with Crippen LogP contribution in [0, 0.1) is 17.0 Å². The summed E-state index contributed by atoms with van der Waals surface area (Å²) >= 11 is 0. The van der Waals surface area contributed by atoms with E-state index in [9.17, 15) is 8.78 Å². The summed E-state index contributed by atoms with van der Waals surface area (Å²) in [7, 11) is 1.85. The van der Waals surface area contributed by atoms with E-state index in [1.807, 2.05) is 7.05 Å². The van der Waals surface area contributed by atoms with Crippen molar-refractivity contribution in [1.82, 2.24) is 5.32 Å². The molecular weight excluding hydrogens is 212 g/mol. The summed E-state index contributed by atoms with van der Waals surface area (Å²) in [6.45, 7) is 0.594. The largest absolute Gasteiger partial charge is 0.492 e. The maximum absolute atomic E-state index is 13.2. The summed E-state index contributed by atoms with van der Waals surface area (Å²) in [6.07, 6.45) is 2.16. The molecule has 1 saturated carbocycles. The zero-order valence-corrected chi connectivity index (χ0v) is 9.02. The van der Waals surface area contributed by atoms with Crippen LogP contribution in [-0.2, 0) is 0 Å². The topological polar surface area (TPSA) is 21.3 Å². The molecule has 0 radical (unpaired) electrons. The minimum Gasteiger partial charge on any atom is -0.492 e. The van der Waals surface area contributed by atoms with E-state index < -0.39 is 11.6 Å². The van der Waals surface area contributed by atoms with Crippen LogP contribution >= 0.6 is 0 Å². The fraction of sp³-hybridized carbons (Fsp3) is 0.500. The SMILES string of the molecule is CNC1c2cc(F)c(F)cc2OCC12CC2. The molecule has 3 rings (SSSR count). The average Bonchev–Trinajstić information content (AvgIpc) is 3.02. The third-order valence-electron chi connectivity index (χ3n) is 3.67. The second-order valence-electron chi connectivity index (χ2n) is 4.68. The summed E-state index contributed by atoms with van der Waals surface area (Å²) in [4.78, 5) is 0. The van der Waals surface area contributed by atoms with Crippen molar-refractivity contribution in [2.75, 3.05) is 13.7 Å². The van der Waals surface area contributed by atoms with Crippen LogP contribution in [0.5, 0.6) is 5.75 Å². The van der Waals surface area contributed by atoms with Gasteiger partial charge in [-0.25, -0.2) is 8.78 Å². The Hall–Kier alpha value is -1.16. The van der Waals surface area contributed by atoms with Gasteiger partial charge in [0.05, 0.1) is 6.61 Å². The van der Waals surface area contributed by atoms with Crippen molar-refractivity contribution in [2.24, 2.45) is 5.41 Å². The highest BCUT2D eigenvalue weighted by atomic mass is 19.2. The molecule has 4 heteroatoms. The Morgan fingerprint density at radius 3 is 2.62 bits per heavy atom. The lowest BCUT2D eigenvalue weighted by molar-refractivity contribution is 0.161. The molecule has 1 aromatic carbocycles. The molecule has 0 aromatic heterocycles. The predicted octanol–water partition coefficient (Wildman–Crippen LogP) is 2.40. The van der Waals surface area contributed by atoms with Crippen LogP contribution in [0.15, 0.2) is 12.1 Å². The van der Waals surface area contributed by atoms with Gasteiger partial charge in [-0.05, 0) is 26.0 Å². The van der Waals surface area contributed by atoms with E-state index in [-0.39, 0.29) is 11.5 Å². The molecule has 0 bridgehead atoms. The van der Waals surface area contributed by atoms with Gasteiger partial charge in [-0.1, -0.05) is 0 Å². The van der Waals surface area contributed by atoms with E-state index in [1.54, 1.807) is 0 Å². The fourth-order valence-corrected chi connectivity index (χ4v) is 2.58. The number of nitrogens with one attached hydrogen (secondary N) is 1. The van der Waals surface area contributed by atoms with E-state index in [0.29, 0.717) is 12.4 Å². The second kappa shape index (κ2) is 3.17. The highest BCUT2D eigenvalue weighted by Gasteiger charge is 2.53. The Bertz CT molecular complexity index is 443. The minimum absolute atomic E-state index is 0.0753. The van der Waals surface area contributed by atoms with Crippen molar-refractivity contribution in [3.8, 4) is 5.75 Å². The van der Waals surface area contributed by atoms with Crippen LogP contribution < -0.4 is 10.1 Å². The number of fused-ring (bicyclic) bond motifs is 1. The molecule has 2 aliphatic rings. The summed E-state index contributed by atoms with van der Waals surface area (Å²) in [5, 5.41) is 3.19. The van der Waals surface area contributed by atoms with Crippen molar-refractivity contribution in [3.63, 3.8) is 0 Å². The van der Waals surface area contributed by atoms with Crippen molar-refractivity contribution in [1.29, 1.82) is 0 Å². The second-order valence-corrected chi connectivity index (χ2v) is 4.68. The average molecular weight is 225 g/mol. The van der Waals surface area contributed by atoms with Gasteiger partial charge in [-0.2, -0.15) is 0 Å². The molecule has 1 aromatic rings. The first-order valence-corrected chi connectivity index (χ1v) is 5.45. The number of hydrogen-bond donors (Lipinski definition) is 1. The number of rotatable bonds is 1. The van der Waals surface area contributed by atoms with Gasteiger partial charge >= 0.3 is 0 Å². The number of hydrogen-bond acceptors (Lipinski definition) is 2. The molecule has 1 unspecified atom stereocenters. The molecule has 86 valence electrons. The van der Waals surface area contributed by atoms with E-state index in [2.05, 4.69) is 5.32 Å². The zero-order valence-electron chi connectivity index (χ0n) is 9.02. The lowest BCUT2D eigenvalue weighted by Gasteiger charge is -2.33. The summed E-state index contributed by atoms with van der Waals surface area (Å²) in [6, 6.07) is 2.47. The van der Waals surface area contributed by atoms with Gasteiger partial charge in [0, 0.05) is 23.1 Å². The first-order chi connectivity index (χ1) is 7.66. The maximum Gasteiger partial charge on any atom is 0.162 e. The van der Waals surface area contributed by atoms with Crippen LogP contribution in [0.3, 0.4) is 0 Å². The van der Waals surface area contributed by atoms with Gasteiger partial charge in [-0.15, -0.1) is 0 Å². The minimum atomic E-state index is -0.847. The molecule has 1 heterocycles. The molecule has 1 aliphatic carbocycles. The number of halogens is 2. The van der Waals surface area contributed by atoms with Crippen LogP contribution in [0.1, 0.15) is 24.4 Å². The van der Waals surface area contributed by atoms with Crippen LogP contribution in [0.25, 0.3) is 0 Å². The van der Waals surface area contributed by atoms with Gasteiger partial charge in [0.25, 0.3) is 0 Å². The van der Waals surface area contributed by atoms with E-state index in [0.717, 1.165) is 24.5 Å². The van der Waals surface area contributed by atoms with Crippen molar-refractivity contribution < 1.29 is 13.5 Å². The first kappa shape index (κ1) is 10.0. The van der Waals surface area contributed by atoms with Gasteiger partial charge in [0.1, 0.15) is 5.75 Å². The lowest BCUT2D eigenvalue weighted by Crippen LogP contribution is -2.35. The standard InChI is InChI=1S/C12H13F2NO/c1-15-11-7-4-8(13)9(14)5-10(7)16-6-12(11)2-3-12/h4-5,11,15H,2-3,6H2,1H3. The van der Waals surface area contributed by atoms with Crippen LogP contribution in [-0.4, -0.2) is 13.7 Å². The number of ether oxygens (including phenoxy) is 1. The maximum atomic E-state index is 13.2. The fourth-order valence-electron chi connectivity index (χ4n) is 2.58. The molecule has 1 aliphatic heterocycles. The summed E-state index contributed by atoms with van der Waals surface area (Å²) in [5.41, 5.74) is 0.844. The van der Waals surface area contributed by atoms with E-state index in [1.165, 1.54) is 6.07 Å². The van der Waals surface area contributed by atoms with E-state index in [4.69, 9.17) is 4.74 Å². The van der Waals surface area contributed by atoms with Gasteiger partial charge in [0.15, 0.2) is 11.6 Å². The monoisotopic (exact) mass is 225 g/mol. The molecule has 1 spiro atoms. The molecule has 2 nitrogen and oxygen atoms in total. The van der Waals surface area contributed by atoms with Gasteiger partial charge in [0.2, 0.25) is 0 Å². The Kier molecular flexibility index (Phi) is 1.98. The molecule has 16 heavy (non-hydrogen) atoms. The highest BCUT2D eigenvalue weighted by molar-refractivity contribution is 5.41. The Balaban J connectivity index is 2.10. The van der Waals surface area contributed by atoms with Crippen LogP contribution in [0.2, 0.25) is 0 Å². The smallest absolute Gasteiger partial charge is 0.162 e. The lowest BCUT2D eigenvalue weighted by atomic mass is 9.88. The van der Waals surface area contributed by atoms with Crippen molar-refractivity contribution in [2.45, 2.75) is 18.9 Å². The highest BCUT2D eigenvalue weighted by Crippen LogP contribution is 2.58. The van der Waals surface area contributed by atoms with Crippen molar-refractivity contribution >= 4 is 0 Å². The van der Waals surface area contributed by atoms with E-state index >= 15 is 0 Å². The molecule has 1 N–H and O–H groups in total. The number of benzene rings is 1.